The number of thiocarbonyl (C=S) groups is 1. The maximum atomic E-state index is 5.75. The van der Waals surface area contributed by atoms with Crippen molar-refractivity contribution in [3.8, 4) is 0 Å². The Hall–Kier alpha value is -1.38. The third-order valence-corrected chi connectivity index (χ3v) is 6.19. The van der Waals surface area contributed by atoms with Crippen molar-refractivity contribution in [1.82, 2.24) is 9.47 Å². The predicted molar refractivity (Wildman–Crippen MR) is 113 cm³/mol. The van der Waals surface area contributed by atoms with E-state index in [1.165, 1.54) is 14.1 Å². The normalized spacial score (nSPS) is 16.7. The van der Waals surface area contributed by atoms with Gasteiger partial charge in [0.15, 0.2) is 5.11 Å². The summed E-state index contributed by atoms with van der Waals surface area (Å²) in [5, 5.41) is 6.31. The monoisotopic (exact) mass is 465 g/mol. The van der Waals surface area contributed by atoms with Crippen LogP contribution in [0.1, 0.15) is 16.6 Å². The molecule has 3 aromatic rings. The summed E-state index contributed by atoms with van der Waals surface area (Å²) in [5.41, 5.74) is 2.33. The zero-order valence-corrected chi connectivity index (χ0v) is 16.6. The quantitative estimate of drug-likeness (QED) is 0.427. The second-order valence-corrected chi connectivity index (χ2v) is 8.29. The van der Waals surface area contributed by atoms with E-state index in [0.717, 1.165) is 23.9 Å². The molecule has 0 saturated carbocycles. The van der Waals surface area contributed by atoms with Gasteiger partial charge >= 0.3 is 0 Å². The van der Waals surface area contributed by atoms with Crippen LogP contribution in [-0.4, -0.2) is 21.1 Å². The number of benzene rings is 1. The van der Waals surface area contributed by atoms with Crippen molar-refractivity contribution in [2.75, 3.05) is 11.9 Å². The van der Waals surface area contributed by atoms with Gasteiger partial charge < -0.3 is 14.8 Å². The molecule has 1 N–H and O–H groups in total. The number of hydrogen-bond acceptors (Lipinski definition) is 2. The molecule has 3 nitrogen and oxygen atoms in total. The second-order valence-electron chi connectivity index (χ2n) is 5.67. The highest BCUT2D eigenvalue weighted by Gasteiger charge is 2.31. The number of rotatable bonds is 2. The van der Waals surface area contributed by atoms with Crippen molar-refractivity contribution >= 4 is 56.9 Å². The first-order valence-electron chi connectivity index (χ1n) is 7.74. The van der Waals surface area contributed by atoms with Crippen molar-refractivity contribution in [3.05, 3.63) is 74.2 Å². The summed E-state index contributed by atoms with van der Waals surface area (Å²) in [7, 11) is 0. The Bertz CT molecular complexity index is 840. The number of nitrogens with zero attached hydrogens (tertiary/aromatic N) is 2. The molecule has 6 heteroatoms. The van der Waals surface area contributed by atoms with E-state index in [0.29, 0.717) is 0 Å². The summed E-state index contributed by atoms with van der Waals surface area (Å²) in [6, 6.07) is 17.1. The number of halogens is 1. The van der Waals surface area contributed by atoms with Crippen molar-refractivity contribution in [1.29, 1.82) is 0 Å². The van der Waals surface area contributed by atoms with Gasteiger partial charge in [-0.15, -0.1) is 11.3 Å². The van der Waals surface area contributed by atoms with Gasteiger partial charge in [0.25, 0.3) is 0 Å². The second kappa shape index (κ2) is 6.85. The minimum atomic E-state index is 0.178. The number of anilines is 1. The van der Waals surface area contributed by atoms with Crippen LogP contribution in [0.5, 0.6) is 0 Å². The topological polar surface area (TPSA) is 20.2 Å². The molecule has 1 aliphatic rings. The SMILES string of the molecule is S=C(Nc1ccc(I)cc1)N1CCn2cccc2C1c1cccs1. The summed E-state index contributed by atoms with van der Waals surface area (Å²) in [5.74, 6) is 0. The standard InChI is InChI=1S/C18H16IN3S2/c19-13-5-7-14(8-6-13)20-18(23)22-11-10-21-9-1-3-15(21)17(22)16-4-2-12-24-16/h1-9,12,17H,10-11H2,(H,20,23). The zero-order chi connectivity index (χ0) is 16.5. The Morgan fingerprint density at radius 3 is 2.71 bits per heavy atom. The fraction of sp³-hybridized carbons (Fsp3) is 0.167. The lowest BCUT2D eigenvalue weighted by Gasteiger charge is -2.38. The number of thiophene rings is 1. The van der Waals surface area contributed by atoms with Crippen molar-refractivity contribution in [2.24, 2.45) is 0 Å². The van der Waals surface area contributed by atoms with Crippen molar-refractivity contribution in [3.63, 3.8) is 0 Å². The molecular formula is C18H16IN3S2. The molecule has 2 aromatic heterocycles. The molecule has 1 aromatic carbocycles. The van der Waals surface area contributed by atoms with Crippen LogP contribution in [0.25, 0.3) is 0 Å². The van der Waals surface area contributed by atoms with Gasteiger partial charge in [0, 0.05) is 39.1 Å². The lowest BCUT2D eigenvalue weighted by Crippen LogP contribution is -2.44. The Morgan fingerprint density at radius 1 is 1.12 bits per heavy atom. The maximum absolute atomic E-state index is 5.75. The highest BCUT2D eigenvalue weighted by atomic mass is 127. The molecule has 0 fully saturated rings. The van der Waals surface area contributed by atoms with Gasteiger partial charge in [-0.3, -0.25) is 0 Å². The van der Waals surface area contributed by atoms with E-state index in [1.54, 1.807) is 11.3 Å². The van der Waals surface area contributed by atoms with Crippen LogP contribution in [0.3, 0.4) is 0 Å². The maximum Gasteiger partial charge on any atom is 0.174 e. The van der Waals surface area contributed by atoms with Gasteiger partial charge in [-0.05, 0) is 82.7 Å². The molecule has 0 radical (unpaired) electrons. The van der Waals surface area contributed by atoms with Gasteiger partial charge in [0.2, 0.25) is 0 Å². The van der Waals surface area contributed by atoms with Crippen LogP contribution < -0.4 is 5.32 Å². The summed E-state index contributed by atoms with van der Waals surface area (Å²) in [4.78, 5) is 3.62. The lowest BCUT2D eigenvalue weighted by molar-refractivity contribution is 0.297. The predicted octanol–water partition coefficient (Wildman–Crippen LogP) is 4.96. The molecule has 122 valence electrons. The third-order valence-electron chi connectivity index (χ3n) is 4.21. The van der Waals surface area contributed by atoms with Gasteiger partial charge in [0.1, 0.15) is 6.04 Å². The van der Waals surface area contributed by atoms with Crippen molar-refractivity contribution in [2.45, 2.75) is 12.6 Å². The number of aromatic nitrogens is 1. The van der Waals surface area contributed by atoms with E-state index in [1.807, 2.05) is 0 Å². The fourth-order valence-corrected chi connectivity index (χ4v) is 4.60. The summed E-state index contributed by atoms with van der Waals surface area (Å²) < 4.78 is 3.55. The molecule has 0 amide bonds. The number of hydrogen-bond donors (Lipinski definition) is 1. The van der Waals surface area contributed by atoms with Crippen molar-refractivity contribution < 1.29 is 0 Å². The first-order valence-corrected chi connectivity index (χ1v) is 10.1. The van der Waals surface area contributed by atoms with Crippen LogP contribution in [0.15, 0.2) is 60.1 Å². The third kappa shape index (κ3) is 3.10. The van der Waals surface area contributed by atoms with E-state index >= 15 is 0 Å². The minimum Gasteiger partial charge on any atom is -0.347 e. The van der Waals surface area contributed by atoms with Crippen LogP contribution in [0.2, 0.25) is 0 Å². The number of nitrogens with one attached hydrogen (secondary N) is 1. The van der Waals surface area contributed by atoms with Gasteiger partial charge in [-0.25, -0.2) is 0 Å². The van der Waals surface area contributed by atoms with Crippen LogP contribution in [0, 0.1) is 3.57 Å². The molecule has 4 rings (SSSR count). The van der Waals surface area contributed by atoms with Crippen LogP contribution >= 0.6 is 46.1 Å². The van der Waals surface area contributed by atoms with E-state index < -0.39 is 0 Å². The van der Waals surface area contributed by atoms with E-state index in [-0.39, 0.29) is 6.04 Å². The molecule has 0 saturated heterocycles. The van der Waals surface area contributed by atoms with E-state index in [4.69, 9.17) is 12.2 Å². The smallest absolute Gasteiger partial charge is 0.174 e. The molecular weight excluding hydrogens is 449 g/mol. The highest BCUT2D eigenvalue weighted by Crippen LogP contribution is 2.35. The molecule has 0 aliphatic carbocycles. The van der Waals surface area contributed by atoms with Gasteiger partial charge in [-0.1, -0.05) is 6.07 Å². The summed E-state index contributed by atoms with van der Waals surface area (Å²) >= 11 is 9.84. The average molecular weight is 465 g/mol. The van der Waals surface area contributed by atoms with E-state index in [2.05, 4.69) is 97.5 Å². The minimum absolute atomic E-state index is 0.178. The lowest BCUT2D eigenvalue weighted by atomic mass is 10.1. The molecule has 0 spiro atoms. The summed E-state index contributed by atoms with van der Waals surface area (Å²) in [6.07, 6.45) is 2.16. The molecule has 0 bridgehead atoms. The zero-order valence-electron chi connectivity index (χ0n) is 12.9. The van der Waals surface area contributed by atoms with Crippen LogP contribution in [0.4, 0.5) is 5.69 Å². The first-order chi connectivity index (χ1) is 11.7. The highest BCUT2D eigenvalue weighted by molar-refractivity contribution is 14.1. The Labute approximate surface area is 164 Å². The Kier molecular flexibility index (Phi) is 4.60. The van der Waals surface area contributed by atoms with Crippen LogP contribution in [-0.2, 0) is 6.54 Å². The molecule has 3 heterocycles. The Balaban J connectivity index is 1.63. The summed E-state index contributed by atoms with van der Waals surface area (Å²) in [6.45, 7) is 1.86. The molecule has 1 atom stereocenters. The largest absolute Gasteiger partial charge is 0.347 e. The molecule has 1 unspecified atom stereocenters. The molecule has 24 heavy (non-hydrogen) atoms. The first kappa shape index (κ1) is 16.1. The number of fused-ring (bicyclic) bond motifs is 1. The fourth-order valence-electron chi connectivity index (χ4n) is 3.08. The van der Waals surface area contributed by atoms with E-state index in [9.17, 15) is 0 Å². The van der Waals surface area contributed by atoms with Gasteiger partial charge in [0.05, 0.1) is 0 Å². The van der Waals surface area contributed by atoms with Gasteiger partial charge in [-0.2, -0.15) is 0 Å². The molecule has 1 aliphatic heterocycles. The average Bonchev–Trinajstić information content (AvgIpc) is 3.27. The Morgan fingerprint density at radius 2 is 1.96 bits per heavy atom.